The zero-order valence-corrected chi connectivity index (χ0v) is 21.4. The lowest BCUT2D eigenvalue weighted by molar-refractivity contribution is -0.193. The first kappa shape index (κ1) is 27.8. The lowest BCUT2D eigenvalue weighted by Crippen LogP contribution is -2.51. The molecule has 2 atom stereocenters. The second kappa shape index (κ2) is 11.8. The van der Waals surface area contributed by atoms with Gasteiger partial charge < -0.3 is 19.4 Å². The van der Waals surface area contributed by atoms with Crippen LogP contribution in [0, 0.1) is 11.7 Å². The van der Waals surface area contributed by atoms with Crippen LogP contribution in [0.25, 0.3) is 0 Å². The number of piperidine rings is 1. The largest absolute Gasteiger partial charge is 0.459 e. The number of hydrogen-bond acceptors (Lipinski definition) is 8. The van der Waals surface area contributed by atoms with E-state index < -0.39 is 36.3 Å². The molecule has 14 heteroatoms. The molecule has 0 radical (unpaired) electrons. The van der Waals surface area contributed by atoms with Crippen molar-refractivity contribution in [2.24, 2.45) is 5.92 Å². The Labute approximate surface area is 226 Å². The third kappa shape index (κ3) is 6.33. The number of rotatable bonds is 7. The quantitative estimate of drug-likeness (QED) is 0.437. The van der Waals surface area contributed by atoms with Crippen LogP contribution < -0.4 is 5.32 Å². The molecule has 1 N–H and O–H groups in total. The molecule has 0 spiro atoms. The Bertz CT molecular complexity index is 1310. The smallest absolute Gasteiger partial charge is 0.393 e. The van der Waals surface area contributed by atoms with Crippen LogP contribution in [0.2, 0.25) is 0 Å². The Kier molecular flexibility index (Phi) is 8.17. The van der Waals surface area contributed by atoms with Crippen LogP contribution >= 0.6 is 0 Å². The summed E-state index contributed by atoms with van der Waals surface area (Å²) in [5, 5.41) is 7.13. The van der Waals surface area contributed by atoms with Crippen molar-refractivity contribution in [2.45, 2.75) is 25.1 Å². The van der Waals surface area contributed by atoms with Gasteiger partial charge in [-0.1, -0.05) is 12.1 Å². The summed E-state index contributed by atoms with van der Waals surface area (Å²) >= 11 is 0. The fourth-order valence-corrected chi connectivity index (χ4v) is 4.94. The summed E-state index contributed by atoms with van der Waals surface area (Å²) in [5.74, 6) is -4.60. The predicted octanol–water partition coefficient (Wildman–Crippen LogP) is 3.14. The predicted molar refractivity (Wildman–Crippen MR) is 133 cm³/mol. The molecule has 2 aliphatic heterocycles. The van der Waals surface area contributed by atoms with Crippen LogP contribution in [0.1, 0.15) is 34.3 Å². The minimum Gasteiger partial charge on any atom is -0.459 e. The lowest BCUT2D eigenvalue weighted by Gasteiger charge is -2.39. The molecule has 10 nitrogen and oxygen atoms in total. The number of morpholine rings is 1. The first-order chi connectivity index (χ1) is 19.2. The summed E-state index contributed by atoms with van der Waals surface area (Å²) in [4.78, 5) is 33.2. The summed E-state index contributed by atoms with van der Waals surface area (Å²) in [6, 6.07) is 8.53. The van der Waals surface area contributed by atoms with Gasteiger partial charge in [-0.15, -0.1) is 5.10 Å². The van der Waals surface area contributed by atoms with Crippen LogP contribution in [0.5, 0.6) is 0 Å². The number of halogens is 4. The highest BCUT2D eigenvalue weighted by atomic mass is 19.4. The molecule has 1 amide bonds. The highest BCUT2D eigenvalue weighted by Gasteiger charge is 2.49. The number of amides is 1. The van der Waals surface area contributed by atoms with E-state index in [1.165, 1.54) is 47.6 Å². The molecule has 0 saturated carbocycles. The van der Waals surface area contributed by atoms with E-state index in [1.807, 2.05) is 0 Å². The number of ether oxygens (including phenoxy) is 1. The van der Waals surface area contributed by atoms with E-state index in [0.717, 1.165) is 4.68 Å². The molecule has 4 heterocycles. The van der Waals surface area contributed by atoms with E-state index in [1.54, 1.807) is 4.90 Å². The van der Waals surface area contributed by atoms with Gasteiger partial charge in [0.2, 0.25) is 11.9 Å². The van der Waals surface area contributed by atoms with Crippen LogP contribution in [0.15, 0.2) is 47.1 Å². The maximum absolute atomic E-state index is 14.3. The molecule has 5 rings (SSSR count). The number of nitrogens with zero attached hydrogens (tertiary/aromatic N) is 5. The number of likely N-dealkylation sites (tertiary alicyclic amines) is 1. The van der Waals surface area contributed by atoms with Crippen molar-refractivity contribution < 1.29 is 36.3 Å². The first-order valence-electron chi connectivity index (χ1n) is 12.9. The van der Waals surface area contributed by atoms with E-state index in [-0.39, 0.29) is 49.5 Å². The molecule has 1 aromatic carbocycles. The second-order valence-corrected chi connectivity index (χ2v) is 9.74. The summed E-state index contributed by atoms with van der Waals surface area (Å²) in [5.41, 5.74) is 0.661. The molecule has 2 unspecified atom stereocenters. The fourth-order valence-electron chi connectivity index (χ4n) is 4.94. The average Bonchev–Trinajstić information content (AvgIpc) is 3.63. The van der Waals surface area contributed by atoms with Crippen molar-refractivity contribution in [1.82, 2.24) is 24.6 Å². The number of hydrogen-bond donors (Lipinski definition) is 1. The van der Waals surface area contributed by atoms with Gasteiger partial charge in [-0.3, -0.25) is 14.5 Å². The molecule has 2 aliphatic rings. The summed E-state index contributed by atoms with van der Waals surface area (Å²) in [6.07, 6.45) is -3.26. The zero-order chi connectivity index (χ0) is 28.3. The number of benzene rings is 1. The minimum atomic E-state index is -4.59. The summed E-state index contributed by atoms with van der Waals surface area (Å²) < 4.78 is 67.5. The number of alkyl halides is 3. The topological polar surface area (TPSA) is 106 Å². The first-order valence-corrected chi connectivity index (χ1v) is 12.9. The van der Waals surface area contributed by atoms with Gasteiger partial charge in [0, 0.05) is 32.1 Å². The normalized spacial score (nSPS) is 20.4. The number of nitrogens with one attached hydrogen (secondary N) is 1. The van der Waals surface area contributed by atoms with Gasteiger partial charge in [0.25, 0.3) is 0 Å². The van der Waals surface area contributed by atoms with Crippen LogP contribution in [-0.2, 0) is 16.1 Å². The fraction of sp³-hybridized carbons (Fsp3) is 0.462. The summed E-state index contributed by atoms with van der Waals surface area (Å²) in [6.45, 7) is 1.46. The van der Waals surface area contributed by atoms with Gasteiger partial charge in [-0.2, -0.15) is 22.8 Å². The standard InChI is InChI=1S/C26H28F4N6O4/c27-18-5-3-17(4-6-18)14-31-25-32-23(33-36(25)24(38)21-2-1-11-40-21)19-7-8-34(15-20(19)26(28,29)30)16-22(37)35-9-12-39-13-10-35/h1-6,11,19-20H,7-10,12-16H2,(H,31,32,33). The number of carbonyl (C=O) groups is 2. The van der Waals surface area contributed by atoms with E-state index >= 15 is 0 Å². The number of anilines is 1. The molecule has 40 heavy (non-hydrogen) atoms. The molecule has 2 saturated heterocycles. The van der Waals surface area contributed by atoms with Crippen molar-refractivity contribution in [3.8, 4) is 0 Å². The van der Waals surface area contributed by atoms with Crippen LogP contribution in [0.3, 0.4) is 0 Å². The number of carbonyl (C=O) groups excluding carboxylic acids is 2. The van der Waals surface area contributed by atoms with E-state index in [0.29, 0.717) is 31.9 Å². The van der Waals surface area contributed by atoms with Crippen molar-refractivity contribution in [2.75, 3.05) is 51.3 Å². The highest BCUT2D eigenvalue weighted by molar-refractivity contribution is 5.94. The Morgan fingerprint density at radius 1 is 1.07 bits per heavy atom. The van der Waals surface area contributed by atoms with E-state index in [9.17, 15) is 27.2 Å². The number of furan rings is 1. The Morgan fingerprint density at radius 2 is 1.82 bits per heavy atom. The summed E-state index contributed by atoms with van der Waals surface area (Å²) in [7, 11) is 0. The van der Waals surface area contributed by atoms with Crippen molar-refractivity contribution in [1.29, 1.82) is 0 Å². The van der Waals surface area contributed by atoms with Gasteiger partial charge in [0.15, 0.2) is 11.6 Å². The van der Waals surface area contributed by atoms with E-state index in [4.69, 9.17) is 9.15 Å². The maximum atomic E-state index is 14.3. The monoisotopic (exact) mass is 564 g/mol. The third-order valence-electron chi connectivity index (χ3n) is 7.08. The molecule has 0 bridgehead atoms. The zero-order valence-electron chi connectivity index (χ0n) is 21.4. The molecule has 2 fully saturated rings. The van der Waals surface area contributed by atoms with Gasteiger partial charge in [0.1, 0.15) is 5.82 Å². The molecule has 2 aromatic heterocycles. The SMILES string of the molecule is O=C(CN1CCC(c2nc(NCc3ccc(F)cc3)n(C(=O)c3ccco3)n2)C(C(F)(F)F)C1)N1CCOCC1. The van der Waals surface area contributed by atoms with Gasteiger partial charge in [-0.05, 0) is 42.8 Å². The molecular weight excluding hydrogens is 536 g/mol. The molecule has 214 valence electrons. The maximum Gasteiger partial charge on any atom is 0.393 e. The van der Waals surface area contributed by atoms with Gasteiger partial charge in [-0.25, -0.2) is 4.39 Å². The van der Waals surface area contributed by atoms with Gasteiger partial charge in [0.05, 0.1) is 31.9 Å². The highest BCUT2D eigenvalue weighted by Crippen LogP contribution is 2.42. The van der Waals surface area contributed by atoms with Crippen molar-refractivity contribution >= 4 is 17.8 Å². The van der Waals surface area contributed by atoms with Crippen molar-refractivity contribution in [3.05, 3.63) is 65.6 Å². The van der Waals surface area contributed by atoms with Gasteiger partial charge >= 0.3 is 12.1 Å². The Hall–Kier alpha value is -3.78. The Morgan fingerprint density at radius 3 is 2.50 bits per heavy atom. The van der Waals surface area contributed by atoms with E-state index in [2.05, 4.69) is 15.4 Å². The van der Waals surface area contributed by atoms with Crippen molar-refractivity contribution in [3.63, 3.8) is 0 Å². The Balaban J connectivity index is 1.37. The van der Waals surface area contributed by atoms with Crippen LogP contribution in [0.4, 0.5) is 23.5 Å². The number of aromatic nitrogens is 3. The lowest BCUT2D eigenvalue weighted by atomic mass is 9.84. The molecule has 3 aromatic rings. The average molecular weight is 565 g/mol. The third-order valence-corrected chi connectivity index (χ3v) is 7.08. The van der Waals surface area contributed by atoms with Crippen LogP contribution in [-0.4, -0.2) is 88.5 Å². The second-order valence-electron chi connectivity index (χ2n) is 9.74. The molecular formula is C26H28F4N6O4. The molecule has 0 aliphatic carbocycles. The minimum absolute atomic E-state index is 0.0386.